The highest BCUT2D eigenvalue weighted by atomic mass is 32.2. The molecule has 0 aliphatic heterocycles. The molecule has 0 rings (SSSR count). The molecule has 0 unspecified atom stereocenters. The molecule has 0 aliphatic rings. The molecule has 6 heteroatoms. The van der Waals surface area contributed by atoms with Gasteiger partial charge in [0.15, 0.2) is 0 Å². The van der Waals surface area contributed by atoms with Crippen molar-refractivity contribution in [3.05, 3.63) is 0 Å². The molecular formula is C5H13NO4S. The van der Waals surface area contributed by atoms with Crippen molar-refractivity contribution < 1.29 is 18.3 Å². The maximum absolute atomic E-state index is 10.8. The first-order valence-electron chi connectivity index (χ1n) is 3.19. The van der Waals surface area contributed by atoms with Gasteiger partial charge >= 0.3 is 0 Å². The molecule has 0 aromatic heterocycles. The first kappa shape index (κ1) is 10.8. The SMILES string of the molecule is COCCS(=O)(=O)NCCO. The Balaban J connectivity index is 3.63. The van der Waals surface area contributed by atoms with Crippen LogP contribution in [0, 0.1) is 0 Å². The van der Waals surface area contributed by atoms with Crippen LogP contribution in [-0.4, -0.2) is 46.1 Å². The van der Waals surface area contributed by atoms with Gasteiger partial charge < -0.3 is 9.84 Å². The van der Waals surface area contributed by atoms with Crippen LogP contribution < -0.4 is 4.72 Å². The molecule has 0 atom stereocenters. The number of hydrogen-bond acceptors (Lipinski definition) is 4. The predicted octanol–water partition coefficient (Wildman–Crippen LogP) is -1.46. The summed E-state index contributed by atoms with van der Waals surface area (Å²) in [4.78, 5) is 0. The Hall–Kier alpha value is -0.170. The zero-order valence-corrected chi connectivity index (χ0v) is 7.23. The minimum atomic E-state index is -3.24. The molecule has 68 valence electrons. The molecule has 11 heavy (non-hydrogen) atoms. The quantitative estimate of drug-likeness (QED) is 0.528. The summed E-state index contributed by atoms with van der Waals surface area (Å²) in [6.07, 6.45) is 0. The lowest BCUT2D eigenvalue weighted by molar-refractivity contribution is 0.216. The highest BCUT2D eigenvalue weighted by molar-refractivity contribution is 7.89. The van der Waals surface area contributed by atoms with Crippen molar-refractivity contribution in [3.8, 4) is 0 Å². The fourth-order valence-electron chi connectivity index (χ4n) is 0.466. The highest BCUT2D eigenvalue weighted by Crippen LogP contribution is 1.82. The van der Waals surface area contributed by atoms with E-state index >= 15 is 0 Å². The molecule has 0 aliphatic carbocycles. The molecule has 5 nitrogen and oxygen atoms in total. The van der Waals surface area contributed by atoms with E-state index in [1.807, 2.05) is 0 Å². The van der Waals surface area contributed by atoms with E-state index in [2.05, 4.69) is 9.46 Å². The van der Waals surface area contributed by atoms with Crippen LogP contribution in [-0.2, 0) is 14.8 Å². The van der Waals surface area contributed by atoms with E-state index < -0.39 is 10.0 Å². The summed E-state index contributed by atoms with van der Waals surface area (Å²) < 4.78 is 28.5. The number of aliphatic hydroxyl groups is 1. The molecule has 0 aromatic carbocycles. The van der Waals surface area contributed by atoms with Gasteiger partial charge in [0.25, 0.3) is 0 Å². The summed E-state index contributed by atoms with van der Waals surface area (Å²) in [6, 6.07) is 0. The molecule has 2 N–H and O–H groups in total. The van der Waals surface area contributed by atoms with Crippen LogP contribution in [0.1, 0.15) is 0 Å². The summed E-state index contributed by atoms with van der Waals surface area (Å²) in [5.74, 6) is -0.0660. The summed E-state index contributed by atoms with van der Waals surface area (Å²) in [5, 5.41) is 8.30. The fraction of sp³-hybridized carbons (Fsp3) is 1.00. The Kier molecular flexibility index (Phi) is 5.39. The van der Waals surface area contributed by atoms with Gasteiger partial charge in [0.2, 0.25) is 10.0 Å². The van der Waals surface area contributed by atoms with Crippen molar-refractivity contribution in [2.24, 2.45) is 0 Å². The van der Waals surface area contributed by atoms with E-state index in [4.69, 9.17) is 5.11 Å². The van der Waals surface area contributed by atoms with Crippen molar-refractivity contribution in [1.82, 2.24) is 4.72 Å². The molecule has 0 fully saturated rings. The van der Waals surface area contributed by atoms with E-state index in [9.17, 15) is 8.42 Å². The molecule has 0 heterocycles. The first-order chi connectivity index (χ1) is 5.12. The van der Waals surface area contributed by atoms with Gasteiger partial charge in [0.05, 0.1) is 19.0 Å². The van der Waals surface area contributed by atoms with E-state index in [0.717, 1.165) is 0 Å². The van der Waals surface area contributed by atoms with Gasteiger partial charge in [-0.2, -0.15) is 0 Å². The minimum Gasteiger partial charge on any atom is -0.395 e. The second-order valence-corrected chi connectivity index (χ2v) is 3.86. The molecule has 0 saturated carbocycles. The van der Waals surface area contributed by atoms with E-state index in [0.29, 0.717) is 0 Å². The average molecular weight is 183 g/mol. The third kappa shape index (κ3) is 6.24. The number of methoxy groups -OCH3 is 1. The number of hydrogen-bond donors (Lipinski definition) is 2. The smallest absolute Gasteiger partial charge is 0.213 e. The van der Waals surface area contributed by atoms with Gasteiger partial charge in [-0.15, -0.1) is 0 Å². The van der Waals surface area contributed by atoms with Crippen LogP contribution in [0.4, 0.5) is 0 Å². The normalized spacial score (nSPS) is 11.8. The number of aliphatic hydroxyl groups excluding tert-OH is 1. The van der Waals surface area contributed by atoms with Gasteiger partial charge in [0.1, 0.15) is 0 Å². The molecule has 0 amide bonds. The summed E-state index contributed by atoms with van der Waals surface area (Å²) in [5.41, 5.74) is 0. The predicted molar refractivity (Wildman–Crippen MR) is 40.8 cm³/mol. The molecule has 0 saturated heterocycles. The van der Waals surface area contributed by atoms with Crippen LogP contribution in [0.15, 0.2) is 0 Å². The fourth-order valence-corrected chi connectivity index (χ4v) is 1.40. The highest BCUT2D eigenvalue weighted by Gasteiger charge is 2.07. The Morgan fingerprint density at radius 2 is 2.18 bits per heavy atom. The Bertz CT molecular complexity index is 163. The number of ether oxygens (including phenoxy) is 1. The van der Waals surface area contributed by atoms with Gasteiger partial charge in [-0.1, -0.05) is 0 Å². The maximum atomic E-state index is 10.8. The number of sulfonamides is 1. The summed E-state index contributed by atoms with van der Waals surface area (Å²) in [6.45, 7) is 0.0407. The third-order valence-electron chi connectivity index (χ3n) is 0.990. The van der Waals surface area contributed by atoms with Crippen molar-refractivity contribution in [2.45, 2.75) is 0 Å². The van der Waals surface area contributed by atoms with Gasteiger partial charge in [-0.05, 0) is 0 Å². The van der Waals surface area contributed by atoms with Crippen LogP contribution in [0.5, 0.6) is 0 Å². The lowest BCUT2D eigenvalue weighted by Crippen LogP contribution is -2.30. The van der Waals surface area contributed by atoms with Crippen LogP contribution in [0.25, 0.3) is 0 Å². The van der Waals surface area contributed by atoms with Crippen LogP contribution >= 0.6 is 0 Å². The van der Waals surface area contributed by atoms with Crippen molar-refractivity contribution in [1.29, 1.82) is 0 Å². The molecule has 0 aromatic rings. The van der Waals surface area contributed by atoms with Crippen molar-refractivity contribution >= 4 is 10.0 Å². The molecule has 0 spiro atoms. The summed E-state index contributed by atoms with van der Waals surface area (Å²) in [7, 11) is -1.81. The second-order valence-electron chi connectivity index (χ2n) is 1.93. The third-order valence-corrected chi connectivity index (χ3v) is 2.34. The average Bonchev–Trinajstić information content (AvgIpc) is 1.97. The zero-order chi connectivity index (χ0) is 8.74. The first-order valence-corrected chi connectivity index (χ1v) is 4.85. The Labute approximate surface area is 66.4 Å². The number of nitrogens with one attached hydrogen (secondary N) is 1. The van der Waals surface area contributed by atoms with E-state index in [1.165, 1.54) is 7.11 Å². The van der Waals surface area contributed by atoms with Crippen molar-refractivity contribution in [3.63, 3.8) is 0 Å². The number of rotatable bonds is 6. The lowest BCUT2D eigenvalue weighted by atomic mass is 10.8. The Morgan fingerprint density at radius 3 is 2.64 bits per heavy atom. The lowest BCUT2D eigenvalue weighted by Gasteiger charge is -2.03. The van der Waals surface area contributed by atoms with E-state index in [-0.39, 0.29) is 25.5 Å². The largest absolute Gasteiger partial charge is 0.395 e. The summed E-state index contributed by atoms with van der Waals surface area (Å²) >= 11 is 0. The molecule has 0 radical (unpaired) electrons. The van der Waals surface area contributed by atoms with Crippen LogP contribution in [0.3, 0.4) is 0 Å². The van der Waals surface area contributed by atoms with Gasteiger partial charge in [0, 0.05) is 13.7 Å². The van der Waals surface area contributed by atoms with Gasteiger partial charge in [-0.3, -0.25) is 0 Å². The zero-order valence-electron chi connectivity index (χ0n) is 6.41. The topological polar surface area (TPSA) is 75.6 Å². The minimum absolute atomic E-state index is 0.0616. The van der Waals surface area contributed by atoms with Crippen LogP contribution in [0.2, 0.25) is 0 Å². The standard InChI is InChI=1S/C5H13NO4S/c1-10-4-5-11(8,9)6-2-3-7/h6-7H,2-5H2,1H3. The van der Waals surface area contributed by atoms with Gasteiger partial charge in [-0.25, -0.2) is 13.1 Å². The maximum Gasteiger partial charge on any atom is 0.213 e. The second kappa shape index (κ2) is 5.48. The van der Waals surface area contributed by atoms with Crippen molar-refractivity contribution in [2.75, 3.05) is 32.6 Å². The Morgan fingerprint density at radius 1 is 1.55 bits per heavy atom. The molecular weight excluding hydrogens is 170 g/mol. The monoisotopic (exact) mass is 183 g/mol. The van der Waals surface area contributed by atoms with E-state index in [1.54, 1.807) is 0 Å². The molecule has 0 bridgehead atoms.